The highest BCUT2D eigenvalue weighted by molar-refractivity contribution is 4.91. The van der Waals surface area contributed by atoms with E-state index >= 15 is 0 Å². The SMILES string of the molecule is OCC1CC2NCCOC2C1. The second-order valence-corrected chi connectivity index (χ2v) is 3.49. The van der Waals surface area contributed by atoms with Crippen molar-refractivity contribution in [2.24, 2.45) is 5.92 Å². The number of hydrogen-bond acceptors (Lipinski definition) is 3. The monoisotopic (exact) mass is 157 g/mol. The Morgan fingerprint density at radius 1 is 1.45 bits per heavy atom. The topological polar surface area (TPSA) is 41.5 Å². The standard InChI is InChI=1S/C8H15NO2/c10-5-6-3-7-8(4-6)11-2-1-9-7/h6-10H,1-5H2. The van der Waals surface area contributed by atoms with Crippen LogP contribution in [-0.4, -0.2) is 37.0 Å². The zero-order chi connectivity index (χ0) is 7.68. The van der Waals surface area contributed by atoms with Crippen molar-refractivity contribution in [2.75, 3.05) is 19.8 Å². The van der Waals surface area contributed by atoms with Crippen molar-refractivity contribution >= 4 is 0 Å². The molecule has 0 bridgehead atoms. The lowest BCUT2D eigenvalue weighted by Gasteiger charge is -2.26. The van der Waals surface area contributed by atoms with Crippen LogP contribution in [0.25, 0.3) is 0 Å². The minimum atomic E-state index is 0.318. The van der Waals surface area contributed by atoms with Crippen LogP contribution in [0, 0.1) is 5.92 Å². The Bertz CT molecular complexity index is 126. The van der Waals surface area contributed by atoms with Crippen LogP contribution in [-0.2, 0) is 4.74 Å². The molecule has 3 unspecified atom stereocenters. The molecule has 0 aromatic carbocycles. The molecule has 64 valence electrons. The second-order valence-electron chi connectivity index (χ2n) is 3.49. The van der Waals surface area contributed by atoms with E-state index < -0.39 is 0 Å². The van der Waals surface area contributed by atoms with Gasteiger partial charge in [-0.25, -0.2) is 0 Å². The first kappa shape index (κ1) is 7.53. The highest BCUT2D eigenvalue weighted by atomic mass is 16.5. The van der Waals surface area contributed by atoms with Gasteiger partial charge in [0.15, 0.2) is 0 Å². The summed E-state index contributed by atoms with van der Waals surface area (Å²) in [5.74, 6) is 0.468. The van der Waals surface area contributed by atoms with Crippen molar-refractivity contribution in [1.29, 1.82) is 0 Å². The van der Waals surface area contributed by atoms with E-state index in [4.69, 9.17) is 9.84 Å². The maximum atomic E-state index is 8.93. The number of fused-ring (bicyclic) bond motifs is 1. The van der Waals surface area contributed by atoms with E-state index in [0.717, 1.165) is 26.0 Å². The summed E-state index contributed by atoms with van der Waals surface area (Å²) in [7, 11) is 0. The van der Waals surface area contributed by atoms with Crippen LogP contribution in [0.3, 0.4) is 0 Å². The van der Waals surface area contributed by atoms with Gasteiger partial charge in [-0.3, -0.25) is 0 Å². The summed E-state index contributed by atoms with van der Waals surface area (Å²) in [6.07, 6.45) is 2.50. The van der Waals surface area contributed by atoms with Gasteiger partial charge in [-0.2, -0.15) is 0 Å². The molecule has 2 rings (SSSR count). The van der Waals surface area contributed by atoms with Gasteiger partial charge in [-0.05, 0) is 18.8 Å². The Labute approximate surface area is 66.7 Å². The fraction of sp³-hybridized carbons (Fsp3) is 1.00. The smallest absolute Gasteiger partial charge is 0.0732 e. The molecular formula is C8H15NO2. The molecule has 3 nitrogen and oxygen atoms in total. The molecule has 2 fully saturated rings. The molecule has 0 amide bonds. The number of rotatable bonds is 1. The van der Waals surface area contributed by atoms with E-state index in [9.17, 15) is 0 Å². The van der Waals surface area contributed by atoms with Gasteiger partial charge in [0.1, 0.15) is 0 Å². The third-order valence-corrected chi connectivity index (χ3v) is 2.70. The molecule has 0 radical (unpaired) electrons. The first-order chi connectivity index (χ1) is 5.40. The Morgan fingerprint density at radius 2 is 2.36 bits per heavy atom. The molecule has 2 N–H and O–H groups in total. The minimum Gasteiger partial charge on any atom is -0.396 e. The Morgan fingerprint density at radius 3 is 3.09 bits per heavy atom. The van der Waals surface area contributed by atoms with Crippen LogP contribution in [0.1, 0.15) is 12.8 Å². The van der Waals surface area contributed by atoms with Crippen LogP contribution in [0.15, 0.2) is 0 Å². The fourth-order valence-corrected chi connectivity index (χ4v) is 2.10. The zero-order valence-corrected chi connectivity index (χ0v) is 6.62. The molecule has 0 spiro atoms. The average molecular weight is 157 g/mol. The average Bonchev–Trinajstić information content (AvgIpc) is 2.46. The van der Waals surface area contributed by atoms with Gasteiger partial charge < -0.3 is 15.2 Å². The maximum absolute atomic E-state index is 8.93. The van der Waals surface area contributed by atoms with Gasteiger partial charge in [-0.1, -0.05) is 0 Å². The number of nitrogens with one attached hydrogen (secondary N) is 1. The van der Waals surface area contributed by atoms with Crippen molar-refractivity contribution in [1.82, 2.24) is 5.32 Å². The highest BCUT2D eigenvalue weighted by Crippen LogP contribution is 2.29. The van der Waals surface area contributed by atoms with Gasteiger partial charge in [0.25, 0.3) is 0 Å². The Hall–Kier alpha value is -0.120. The van der Waals surface area contributed by atoms with E-state index in [2.05, 4.69) is 5.32 Å². The van der Waals surface area contributed by atoms with Crippen molar-refractivity contribution in [3.8, 4) is 0 Å². The van der Waals surface area contributed by atoms with Crippen molar-refractivity contribution in [2.45, 2.75) is 25.0 Å². The van der Waals surface area contributed by atoms with Crippen LogP contribution in [0.4, 0.5) is 0 Å². The number of morpholine rings is 1. The van der Waals surface area contributed by atoms with Crippen LogP contribution in [0.2, 0.25) is 0 Å². The normalized spacial score (nSPS) is 43.9. The molecule has 1 saturated heterocycles. The lowest BCUT2D eigenvalue weighted by molar-refractivity contribution is 0.00948. The van der Waals surface area contributed by atoms with Gasteiger partial charge in [0.05, 0.1) is 12.7 Å². The highest BCUT2D eigenvalue weighted by Gasteiger charge is 2.35. The van der Waals surface area contributed by atoms with Crippen molar-refractivity contribution in [3.63, 3.8) is 0 Å². The molecule has 3 atom stereocenters. The number of hydrogen-bond donors (Lipinski definition) is 2. The van der Waals surface area contributed by atoms with Crippen LogP contribution >= 0.6 is 0 Å². The molecule has 11 heavy (non-hydrogen) atoms. The van der Waals surface area contributed by atoms with Gasteiger partial charge in [0.2, 0.25) is 0 Å². The van der Waals surface area contributed by atoms with Gasteiger partial charge >= 0.3 is 0 Å². The number of aliphatic hydroxyl groups excluding tert-OH is 1. The second kappa shape index (κ2) is 3.09. The summed E-state index contributed by atoms with van der Waals surface area (Å²) in [4.78, 5) is 0. The minimum absolute atomic E-state index is 0.318. The largest absolute Gasteiger partial charge is 0.396 e. The quantitative estimate of drug-likeness (QED) is 0.551. The molecule has 1 aliphatic heterocycles. The van der Waals surface area contributed by atoms with E-state index in [1.807, 2.05) is 0 Å². The summed E-state index contributed by atoms with van der Waals surface area (Å²) in [6, 6.07) is 0.515. The molecule has 0 aromatic heterocycles. The molecule has 0 aromatic rings. The molecule has 1 heterocycles. The van der Waals surface area contributed by atoms with Crippen LogP contribution < -0.4 is 5.32 Å². The fourth-order valence-electron chi connectivity index (χ4n) is 2.10. The predicted molar refractivity (Wildman–Crippen MR) is 41.3 cm³/mol. The van der Waals surface area contributed by atoms with Crippen molar-refractivity contribution < 1.29 is 9.84 Å². The van der Waals surface area contributed by atoms with E-state index in [1.165, 1.54) is 0 Å². The summed E-state index contributed by atoms with van der Waals surface area (Å²) >= 11 is 0. The van der Waals surface area contributed by atoms with E-state index in [1.54, 1.807) is 0 Å². The van der Waals surface area contributed by atoms with Crippen molar-refractivity contribution in [3.05, 3.63) is 0 Å². The molecule has 3 heteroatoms. The third kappa shape index (κ3) is 1.41. The first-order valence-corrected chi connectivity index (χ1v) is 4.36. The third-order valence-electron chi connectivity index (χ3n) is 2.70. The summed E-state index contributed by atoms with van der Waals surface area (Å²) in [5, 5.41) is 12.3. The zero-order valence-electron chi connectivity index (χ0n) is 6.62. The lowest BCUT2D eigenvalue weighted by Crippen LogP contribution is -2.44. The summed E-state index contributed by atoms with van der Waals surface area (Å²) in [5.41, 5.74) is 0. The molecule has 1 saturated carbocycles. The molecular weight excluding hydrogens is 142 g/mol. The summed E-state index contributed by atoms with van der Waals surface area (Å²) in [6.45, 7) is 2.12. The molecule has 2 aliphatic rings. The first-order valence-electron chi connectivity index (χ1n) is 4.36. The Kier molecular flexibility index (Phi) is 2.11. The van der Waals surface area contributed by atoms with Gasteiger partial charge in [-0.15, -0.1) is 0 Å². The predicted octanol–water partition coefficient (Wildman–Crippen LogP) is -0.254. The molecule has 1 aliphatic carbocycles. The van der Waals surface area contributed by atoms with Gasteiger partial charge in [0, 0.05) is 19.2 Å². The summed E-state index contributed by atoms with van der Waals surface area (Å²) < 4.78 is 5.56. The lowest BCUT2D eigenvalue weighted by atomic mass is 10.1. The van der Waals surface area contributed by atoms with Crippen LogP contribution in [0.5, 0.6) is 0 Å². The van der Waals surface area contributed by atoms with E-state index in [-0.39, 0.29) is 0 Å². The Balaban J connectivity index is 1.92. The number of ether oxygens (including phenoxy) is 1. The van der Waals surface area contributed by atoms with E-state index in [0.29, 0.717) is 24.7 Å². The number of aliphatic hydroxyl groups is 1. The maximum Gasteiger partial charge on any atom is 0.0732 e.